The van der Waals surface area contributed by atoms with Gasteiger partial charge in [0, 0.05) is 36.7 Å². The highest BCUT2D eigenvalue weighted by atomic mass is 127. The van der Waals surface area contributed by atoms with E-state index in [1.165, 1.54) is 5.56 Å². The minimum Gasteiger partial charge on any atom is -0.493 e. The Morgan fingerprint density at radius 1 is 1.31 bits per heavy atom. The van der Waals surface area contributed by atoms with Crippen molar-refractivity contribution < 1.29 is 9.47 Å². The molecule has 166 valence electrons. The summed E-state index contributed by atoms with van der Waals surface area (Å²) in [5.74, 6) is 2.25. The maximum absolute atomic E-state index is 6.14. The smallest absolute Gasteiger partial charge is 0.191 e. The number of benzene rings is 1. The lowest BCUT2D eigenvalue weighted by Crippen LogP contribution is -2.50. The van der Waals surface area contributed by atoms with E-state index in [2.05, 4.69) is 75.5 Å². The average molecular weight is 518 g/mol. The highest BCUT2D eigenvalue weighted by Crippen LogP contribution is 2.23. The molecule has 1 aliphatic heterocycles. The van der Waals surface area contributed by atoms with E-state index in [0.29, 0.717) is 19.1 Å². The van der Waals surface area contributed by atoms with Crippen molar-refractivity contribution in [2.45, 2.75) is 46.2 Å². The lowest BCUT2D eigenvalue weighted by atomic mass is 10.0. The number of nitrogens with one attached hydrogen (secondary N) is 2. The van der Waals surface area contributed by atoms with Crippen LogP contribution in [0.3, 0.4) is 0 Å². The van der Waals surface area contributed by atoms with Crippen molar-refractivity contribution in [1.29, 1.82) is 0 Å². The first kappa shape index (κ1) is 26.0. The third-order valence-electron chi connectivity index (χ3n) is 5.37. The van der Waals surface area contributed by atoms with E-state index in [0.717, 1.165) is 50.0 Å². The Kier molecular flexibility index (Phi) is 11.3. The van der Waals surface area contributed by atoms with Crippen molar-refractivity contribution in [3.05, 3.63) is 29.3 Å². The van der Waals surface area contributed by atoms with Crippen molar-refractivity contribution in [1.82, 2.24) is 15.5 Å². The van der Waals surface area contributed by atoms with E-state index in [4.69, 9.17) is 14.5 Å². The molecular weight excluding hydrogens is 479 g/mol. The largest absolute Gasteiger partial charge is 0.493 e. The summed E-state index contributed by atoms with van der Waals surface area (Å²) in [6.07, 6.45) is 1.08. The summed E-state index contributed by atoms with van der Waals surface area (Å²) >= 11 is 0. The van der Waals surface area contributed by atoms with Crippen LogP contribution in [0.1, 0.15) is 38.3 Å². The molecule has 0 radical (unpaired) electrons. The van der Waals surface area contributed by atoms with Crippen molar-refractivity contribution >= 4 is 29.9 Å². The van der Waals surface area contributed by atoms with Crippen LogP contribution in [0, 0.1) is 12.8 Å². The Labute approximate surface area is 193 Å². The van der Waals surface area contributed by atoms with Gasteiger partial charge in [-0.3, -0.25) is 0 Å². The quantitative estimate of drug-likeness (QED) is 0.298. The monoisotopic (exact) mass is 518 g/mol. The predicted molar refractivity (Wildman–Crippen MR) is 132 cm³/mol. The second-order valence-corrected chi connectivity index (χ2v) is 8.41. The lowest BCUT2D eigenvalue weighted by molar-refractivity contribution is 0.166. The summed E-state index contributed by atoms with van der Waals surface area (Å²) < 4.78 is 11.6. The number of rotatable bonds is 9. The zero-order valence-electron chi connectivity index (χ0n) is 18.9. The molecule has 1 saturated heterocycles. The Morgan fingerprint density at radius 3 is 2.69 bits per heavy atom. The summed E-state index contributed by atoms with van der Waals surface area (Å²) in [5, 5.41) is 6.80. The van der Waals surface area contributed by atoms with Crippen LogP contribution >= 0.6 is 24.0 Å². The molecule has 29 heavy (non-hydrogen) atoms. The number of likely N-dealkylation sites (N-methyl/N-ethyl adjacent to an activating group) is 1. The zero-order chi connectivity index (χ0) is 20.6. The minimum absolute atomic E-state index is 0. The Balaban J connectivity index is 0.00000420. The normalized spacial score (nSPS) is 17.2. The number of aliphatic imine (C=N–C) groups is 1. The lowest BCUT2D eigenvalue weighted by Gasteiger charge is -2.33. The van der Waals surface area contributed by atoms with Gasteiger partial charge in [-0.2, -0.15) is 0 Å². The van der Waals surface area contributed by atoms with E-state index in [9.17, 15) is 0 Å². The summed E-state index contributed by atoms with van der Waals surface area (Å²) in [7, 11) is 4.19. The Morgan fingerprint density at radius 2 is 2.07 bits per heavy atom. The first-order chi connectivity index (χ1) is 13.3. The number of hydrogen-bond acceptors (Lipinski definition) is 4. The van der Waals surface area contributed by atoms with Crippen LogP contribution in [-0.4, -0.2) is 63.4 Å². The van der Waals surface area contributed by atoms with Gasteiger partial charge in [0.2, 0.25) is 0 Å². The molecule has 0 bridgehead atoms. The standard InChI is InChI=1S/C22H38N4O2.HI/c1-7-23-21(25-16-22(3,4)26(5)6)24-13-19-9-8-17(2)12-20(19)28-15-18-10-11-27-14-18;/h8-9,12,18H,7,10-11,13-16H2,1-6H3,(H2,23,24,25);1H. The van der Waals surface area contributed by atoms with Gasteiger partial charge in [-0.1, -0.05) is 12.1 Å². The SMILES string of the molecule is CCNC(=NCc1ccc(C)cc1OCC1CCOC1)NCC(C)(C)N(C)C.I. The highest BCUT2D eigenvalue weighted by molar-refractivity contribution is 14.0. The average Bonchev–Trinajstić information content (AvgIpc) is 3.16. The first-order valence-electron chi connectivity index (χ1n) is 10.3. The van der Waals surface area contributed by atoms with Gasteiger partial charge >= 0.3 is 0 Å². The molecule has 0 spiro atoms. The fourth-order valence-electron chi connectivity index (χ4n) is 2.81. The van der Waals surface area contributed by atoms with Crippen molar-refractivity contribution in [3.63, 3.8) is 0 Å². The summed E-state index contributed by atoms with van der Waals surface area (Å²) in [5.41, 5.74) is 2.34. The maximum atomic E-state index is 6.14. The number of halogens is 1. The van der Waals surface area contributed by atoms with E-state index in [-0.39, 0.29) is 29.5 Å². The number of guanidine groups is 1. The maximum Gasteiger partial charge on any atom is 0.191 e. The van der Waals surface area contributed by atoms with E-state index in [1.54, 1.807) is 0 Å². The predicted octanol–water partition coefficient (Wildman–Crippen LogP) is 3.42. The molecule has 7 heteroatoms. The van der Waals surface area contributed by atoms with Crippen molar-refractivity contribution in [3.8, 4) is 5.75 Å². The molecule has 0 saturated carbocycles. The van der Waals surface area contributed by atoms with Gasteiger partial charge in [0.1, 0.15) is 5.75 Å². The molecule has 1 aromatic rings. The van der Waals surface area contributed by atoms with Crippen LogP contribution < -0.4 is 15.4 Å². The highest BCUT2D eigenvalue weighted by Gasteiger charge is 2.20. The van der Waals surface area contributed by atoms with Crippen LogP contribution in [-0.2, 0) is 11.3 Å². The molecule has 1 atom stereocenters. The fourth-order valence-corrected chi connectivity index (χ4v) is 2.81. The molecule has 0 aromatic heterocycles. The zero-order valence-corrected chi connectivity index (χ0v) is 21.2. The Bertz CT molecular complexity index is 644. The van der Waals surface area contributed by atoms with Crippen LogP contribution in [0.5, 0.6) is 5.75 Å². The van der Waals surface area contributed by atoms with Gasteiger partial charge < -0.3 is 25.0 Å². The van der Waals surface area contributed by atoms with Gasteiger partial charge in [0.25, 0.3) is 0 Å². The molecule has 2 rings (SSSR count). The fraction of sp³-hybridized carbons (Fsp3) is 0.682. The molecule has 2 N–H and O–H groups in total. The summed E-state index contributed by atoms with van der Waals surface area (Å²) in [6.45, 7) is 13.2. The molecule has 1 heterocycles. The first-order valence-corrected chi connectivity index (χ1v) is 10.3. The topological polar surface area (TPSA) is 58.1 Å². The van der Waals surface area contributed by atoms with E-state index < -0.39 is 0 Å². The minimum atomic E-state index is 0. The summed E-state index contributed by atoms with van der Waals surface area (Å²) in [6, 6.07) is 6.34. The molecule has 1 fully saturated rings. The van der Waals surface area contributed by atoms with Gasteiger partial charge in [0.05, 0.1) is 19.8 Å². The van der Waals surface area contributed by atoms with Crippen molar-refractivity contribution in [2.75, 3.05) is 47.0 Å². The van der Waals surface area contributed by atoms with Gasteiger partial charge in [-0.15, -0.1) is 24.0 Å². The molecule has 1 aromatic carbocycles. The Hall–Kier alpha value is -1.06. The van der Waals surface area contributed by atoms with Gasteiger partial charge in [-0.05, 0) is 59.8 Å². The van der Waals surface area contributed by atoms with Crippen molar-refractivity contribution in [2.24, 2.45) is 10.9 Å². The third-order valence-corrected chi connectivity index (χ3v) is 5.37. The molecule has 1 aliphatic rings. The number of hydrogen-bond donors (Lipinski definition) is 2. The van der Waals surface area contributed by atoms with Crippen LogP contribution in [0.25, 0.3) is 0 Å². The number of ether oxygens (including phenoxy) is 2. The molecular formula is C22H39IN4O2. The molecule has 1 unspecified atom stereocenters. The molecule has 0 amide bonds. The second-order valence-electron chi connectivity index (χ2n) is 8.41. The third kappa shape index (κ3) is 8.68. The molecule has 0 aliphatic carbocycles. The van der Waals surface area contributed by atoms with Gasteiger partial charge in [0.15, 0.2) is 5.96 Å². The van der Waals surface area contributed by atoms with E-state index >= 15 is 0 Å². The summed E-state index contributed by atoms with van der Waals surface area (Å²) in [4.78, 5) is 7.00. The second kappa shape index (κ2) is 12.6. The van der Waals surface area contributed by atoms with Crippen LogP contribution in [0.4, 0.5) is 0 Å². The number of aryl methyl sites for hydroxylation is 1. The van der Waals surface area contributed by atoms with E-state index in [1.807, 2.05) is 0 Å². The van der Waals surface area contributed by atoms with Crippen LogP contribution in [0.2, 0.25) is 0 Å². The number of nitrogens with zero attached hydrogens (tertiary/aromatic N) is 2. The van der Waals surface area contributed by atoms with Gasteiger partial charge in [-0.25, -0.2) is 4.99 Å². The molecule has 6 nitrogen and oxygen atoms in total. The van der Waals surface area contributed by atoms with Crippen LogP contribution in [0.15, 0.2) is 23.2 Å².